The van der Waals surface area contributed by atoms with E-state index in [4.69, 9.17) is 47.9 Å². The van der Waals surface area contributed by atoms with Gasteiger partial charge in [0, 0.05) is 4.47 Å². The summed E-state index contributed by atoms with van der Waals surface area (Å²) in [6, 6.07) is 32.1. The van der Waals surface area contributed by atoms with Gasteiger partial charge in [-0.1, -0.05) is 49.9 Å². The molecule has 7 aromatic rings. The molecule has 3 heterocycles. The summed E-state index contributed by atoms with van der Waals surface area (Å²) < 4.78 is 45.1. The number of hydrogen-bond acceptors (Lipinski definition) is 13. The van der Waals surface area contributed by atoms with Crippen molar-refractivity contribution in [1.82, 2.24) is 0 Å². The van der Waals surface area contributed by atoms with Gasteiger partial charge in [0.2, 0.25) is 0 Å². The van der Waals surface area contributed by atoms with Crippen molar-refractivity contribution in [3.63, 3.8) is 0 Å². The molecule has 3 aliphatic heterocycles. The van der Waals surface area contributed by atoms with E-state index in [0.29, 0.717) is 73.5 Å². The molecule has 0 saturated heterocycles. The summed E-state index contributed by atoms with van der Waals surface area (Å²) in [6.07, 6.45) is 0. The van der Waals surface area contributed by atoms with Gasteiger partial charge in [0.25, 0.3) is 0 Å². The first kappa shape index (κ1) is 61.2. The first-order valence-corrected chi connectivity index (χ1v) is 25.3. The van der Waals surface area contributed by atoms with Crippen LogP contribution in [0.5, 0.6) is 40.2 Å². The van der Waals surface area contributed by atoms with Crippen molar-refractivity contribution in [2.75, 3.05) is 53.9 Å². The summed E-state index contributed by atoms with van der Waals surface area (Å²) in [5.74, 6) is 3.29. The third-order valence-corrected chi connectivity index (χ3v) is 12.6. The maximum atomic E-state index is 12.2. The molecule has 0 unspecified atom stereocenters. The Morgan fingerprint density at radius 2 is 0.931 bits per heavy atom. The molecular weight excluding hydrogens is 1280 g/mol. The minimum Gasteiger partial charge on any atom is -0.870 e. The predicted molar refractivity (Wildman–Crippen MR) is 294 cm³/mol. The second-order valence-electron chi connectivity index (χ2n) is 15.0. The van der Waals surface area contributed by atoms with Crippen LogP contribution in [0.15, 0.2) is 112 Å². The molecule has 0 aromatic heterocycles. The van der Waals surface area contributed by atoms with E-state index in [1.165, 1.54) is 14.2 Å². The summed E-state index contributed by atoms with van der Waals surface area (Å²) >= 11 is 16.4. The fourth-order valence-corrected chi connectivity index (χ4v) is 8.83. The number of fused-ring (bicyclic) bond motifs is 5. The molecule has 14 nitrogen and oxygen atoms in total. The van der Waals surface area contributed by atoms with E-state index in [-0.39, 0.29) is 67.5 Å². The molecule has 0 atom stereocenters. The van der Waals surface area contributed by atoms with Crippen molar-refractivity contribution in [1.29, 1.82) is 0 Å². The van der Waals surface area contributed by atoms with Crippen LogP contribution >= 0.6 is 79.1 Å². The van der Waals surface area contributed by atoms with Crippen molar-refractivity contribution in [2.45, 2.75) is 14.4 Å². The average Bonchev–Trinajstić information content (AvgIpc) is 3.36. The topological polar surface area (TPSA) is 199 Å². The van der Waals surface area contributed by atoms with Crippen molar-refractivity contribution in [2.24, 2.45) is 0 Å². The Kier molecular flexibility index (Phi) is 24.2. The molecule has 22 heteroatoms. The van der Waals surface area contributed by atoms with Gasteiger partial charge in [0.05, 0.1) is 24.3 Å². The fourth-order valence-electron chi connectivity index (χ4n) is 7.52. The van der Waals surface area contributed by atoms with Crippen LogP contribution in [0.2, 0.25) is 0 Å². The molecule has 0 bridgehead atoms. The van der Waals surface area contributed by atoms with Gasteiger partial charge in [0.15, 0.2) is 34.5 Å². The quantitative estimate of drug-likeness (QED) is 0.106. The molecule has 7 aromatic carbocycles. The minimum atomic E-state index is -1.46. The van der Waals surface area contributed by atoms with Crippen LogP contribution in [-0.2, 0) is 4.74 Å². The summed E-state index contributed by atoms with van der Waals surface area (Å²) in [7, 11) is 1.42. The zero-order valence-corrected chi connectivity index (χ0v) is 49.5. The van der Waals surface area contributed by atoms with E-state index < -0.39 is 19.1 Å². The standard InChI is InChI=1S/C21H17BrO5.C20H15BrO4.C8H9BO4.CH4.BBr3.K.H2O/c1-24-20-16(21(23)25-2)10-14-9-12(3-5-15(14)19(20)22)13-4-6-17-18(11-13)27-8-7-26-17;1-11-16(20(22)23)9-14-8-12(2-4-15(14)19(11)21)13-3-5-17-18(10-13)25-7-6-24-17;10-9(11)6-1-2-7-8(5-6)13-4-3-12-7;;2-1(3)4;;/h3-6,9-11H,7-8H2,1-2H3;2-5,8-10H,6-7H2,1H3,(H,22,23);1-2,5,10-11H,3-4H2;1H4;;;1H2/q;;;;;+1;/p-1. The van der Waals surface area contributed by atoms with Gasteiger partial charge < -0.3 is 58.5 Å². The van der Waals surface area contributed by atoms with E-state index in [1.54, 1.807) is 30.3 Å². The van der Waals surface area contributed by atoms with Crippen LogP contribution in [0.4, 0.5) is 0 Å². The number of carbonyl (C=O) groups excluding carboxylic acids is 1. The van der Waals surface area contributed by atoms with Gasteiger partial charge in [-0.25, -0.2) is 9.59 Å². The van der Waals surface area contributed by atoms with Gasteiger partial charge in [-0.15, -0.1) is 47.3 Å². The molecule has 72 heavy (non-hydrogen) atoms. The van der Waals surface area contributed by atoms with Crippen molar-refractivity contribution < 1.29 is 119 Å². The molecule has 0 amide bonds. The van der Waals surface area contributed by atoms with Crippen LogP contribution in [0, 0.1) is 6.92 Å². The predicted octanol–water partition coefficient (Wildman–Crippen LogP) is 8.64. The van der Waals surface area contributed by atoms with E-state index in [9.17, 15) is 14.7 Å². The second-order valence-corrected chi connectivity index (χ2v) is 23.1. The number of benzene rings is 7. The number of rotatable bonds is 6. The SMILES string of the molecule is BrB(Br)Br.C.COC(=O)c1cc2cc(-c3ccc4c(c3)OCCO4)ccc2c(Br)c1OC.Cc1c(C(=O)O)cc2cc(-c3ccc4c(c3)OCCO4)ccc2c1Br.OB(O)c1ccc2c(c1)OCCO2.[K+].[OH-]. The first-order chi connectivity index (χ1) is 33.2. The summed E-state index contributed by atoms with van der Waals surface area (Å²) in [5, 5.41) is 30.9. The summed E-state index contributed by atoms with van der Waals surface area (Å²) in [4.78, 5) is 23.6. The van der Waals surface area contributed by atoms with Crippen LogP contribution in [0.3, 0.4) is 0 Å². The Balaban J connectivity index is 0.000000232. The molecule has 0 fully saturated rings. The normalized spacial score (nSPS) is 12.2. The van der Waals surface area contributed by atoms with Crippen LogP contribution in [0.1, 0.15) is 33.7 Å². The number of carboxylic acids is 1. The maximum Gasteiger partial charge on any atom is 1.00 e. The number of methoxy groups -OCH3 is 2. The number of hydrogen-bond donors (Lipinski definition) is 3. The second kappa shape index (κ2) is 28.5. The molecule has 372 valence electrons. The van der Waals surface area contributed by atoms with Crippen LogP contribution in [0.25, 0.3) is 43.8 Å². The number of carbonyl (C=O) groups is 2. The number of aromatic carboxylic acids is 1. The third-order valence-electron chi connectivity index (χ3n) is 10.8. The molecule has 0 radical (unpaired) electrons. The number of halogens is 5. The Hall–Kier alpha value is -3.35. The van der Waals surface area contributed by atoms with Crippen molar-refractivity contribution in [3.8, 4) is 62.5 Å². The van der Waals surface area contributed by atoms with Gasteiger partial charge >= 0.3 is 73.6 Å². The fraction of sp³-hybridized carbons (Fsp3) is 0.200. The third kappa shape index (κ3) is 14.9. The summed E-state index contributed by atoms with van der Waals surface area (Å²) in [6.45, 7) is 5.06. The van der Waals surface area contributed by atoms with Gasteiger partial charge in [0.1, 0.15) is 51.0 Å². The number of ether oxygens (including phenoxy) is 8. The molecule has 0 aliphatic carbocycles. The smallest absolute Gasteiger partial charge is 0.870 e. The summed E-state index contributed by atoms with van der Waals surface area (Å²) in [5.41, 5.74) is 5.82. The molecule has 10 rings (SSSR count). The Morgan fingerprint density at radius 3 is 1.35 bits per heavy atom. The maximum absolute atomic E-state index is 12.2. The van der Waals surface area contributed by atoms with Crippen molar-refractivity contribution in [3.05, 3.63) is 129 Å². The van der Waals surface area contributed by atoms with Crippen molar-refractivity contribution >= 4 is 128 Å². The number of esters is 1. The zero-order chi connectivity index (χ0) is 49.4. The van der Waals surface area contributed by atoms with Gasteiger partial charge in [-0.05, 0) is 154 Å². The van der Waals surface area contributed by atoms with E-state index in [0.717, 1.165) is 81.3 Å². The van der Waals surface area contributed by atoms with Gasteiger partial charge in [-0.3, -0.25) is 0 Å². The molecule has 0 spiro atoms. The van der Waals surface area contributed by atoms with E-state index in [2.05, 4.69) is 79.1 Å². The van der Waals surface area contributed by atoms with Crippen LogP contribution < -0.4 is 90.0 Å². The van der Waals surface area contributed by atoms with Gasteiger partial charge in [-0.2, -0.15) is 0 Å². The largest absolute Gasteiger partial charge is 1.00 e. The Morgan fingerprint density at radius 1 is 0.556 bits per heavy atom. The monoisotopic (exact) mass is 1330 g/mol. The number of carboxylic acid groups (broad SMARTS) is 1. The molecular formula is C50H46B2Br5KO14. The molecule has 3 aliphatic rings. The first-order valence-electron chi connectivity index (χ1n) is 21.0. The van der Waals surface area contributed by atoms with E-state index >= 15 is 0 Å². The molecule has 4 N–H and O–H groups in total. The Labute approximate surface area is 501 Å². The molecule has 0 saturated carbocycles. The average molecular weight is 1330 g/mol. The van der Waals surface area contributed by atoms with E-state index in [1.807, 2.05) is 79.7 Å². The minimum absolute atomic E-state index is 0. The Bertz CT molecular complexity index is 3040. The van der Waals surface area contributed by atoms with Crippen LogP contribution in [-0.4, -0.2) is 96.7 Å². The zero-order valence-electron chi connectivity index (χ0n) is 38.5.